The summed E-state index contributed by atoms with van der Waals surface area (Å²) >= 11 is 0. The molecule has 0 spiro atoms. The number of hydrogen-bond acceptors (Lipinski definition) is 8. The fourth-order valence-corrected chi connectivity index (χ4v) is 5.58. The lowest BCUT2D eigenvalue weighted by Crippen LogP contribution is -2.15. The summed E-state index contributed by atoms with van der Waals surface area (Å²) in [4.78, 5) is 12.4. The van der Waals surface area contributed by atoms with E-state index in [4.69, 9.17) is 0 Å². The molecule has 5 aromatic carbocycles. The molecule has 0 fully saturated rings. The molecule has 0 aromatic heterocycles. The number of nitriles is 2. The van der Waals surface area contributed by atoms with Crippen LogP contribution in [0.1, 0.15) is 11.1 Å². The Kier molecular flexibility index (Phi) is 9.77. The minimum absolute atomic E-state index is 0.573. The Hall–Kier alpha value is -6.12. The van der Waals surface area contributed by atoms with Gasteiger partial charge < -0.3 is 29.4 Å². The van der Waals surface area contributed by atoms with Crippen molar-refractivity contribution in [2.45, 2.75) is 0 Å². The van der Waals surface area contributed by atoms with Gasteiger partial charge in [0, 0.05) is 102 Å². The zero-order valence-electron chi connectivity index (χ0n) is 29.0. The van der Waals surface area contributed by atoms with E-state index >= 15 is 0 Å². The van der Waals surface area contributed by atoms with Crippen LogP contribution in [0.5, 0.6) is 0 Å². The minimum Gasteiger partial charge on any atom is -0.378 e. The Morgan fingerprint density at radius 1 is 0.333 bits per heavy atom. The van der Waals surface area contributed by atoms with Crippen molar-refractivity contribution in [1.82, 2.24) is 0 Å². The molecule has 0 heterocycles. The summed E-state index contributed by atoms with van der Waals surface area (Å²) in [5.74, 6) is 0. The molecule has 0 aliphatic rings. The summed E-state index contributed by atoms with van der Waals surface area (Å²) in [6, 6.07) is 41.7. The minimum atomic E-state index is 0.573. The maximum atomic E-state index is 10.3. The fourth-order valence-electron chi connectivity index (χ4n) is 5.58. The monoisotopic (exact) mass is 634 g/mol. The molecule has 8 heteroatoms. The van der Waals surface area contributed by atoms with Crippen molar-refractivity contribution >= 4 is 56.9 Å². The molecule has 0 amide bonds. The van der Waals surface area contributed by atoms with Crippen molar-refractivity contribution in [3.63, 3.8) is 0 Å². The van der Waals surface area contributed by atoms with E-state index in [-0.39, 0.29) is 0 Å². The zero-order chi connectivity index (χ0) is 34.5. The molecule has 8 nitrogen and oxygen atoms in total. The van der Waals surface area contributed by atoms with Gasteiger partial charge in [-0.05, 0) is 109 Å². The van der Waals surface area contributed by atoms with Crippen molar-refractivity contribution in [2.24, 2.45) is 0 Å². The highest BCUT2D eigenvalue weighted by molar-refractivity contribution is 5.86. The molecule has 0 unspecified atom stereocenters. The van der Waals surface area contributed by atoms with E-state index < -0.39 is 0 Å². The average Bonchev–Trinajstić information content (AvgIpc) is 3.09. The number of rotatable bonds is 10. The second kappa shape index (κ2) is 14.1. The standard InChI is InChI=1S/C40H42N8/c1-43(2)31-9-13-33(14-10-31)47(39-23-21-37(45(5)6)25-29(39)27-41)35-17-19-36(20-18-35)48(34-15-11-32(12-16-34)44(3)4)40-24-22-38(46(7)8)26-30(40)28-42/h9-26H,1-8H3. The van der Waals surface area contributed by atoms with Crippen LogP contribution in [-0.4, -0.2) is 56.4 Å². The van der Waals surface area contributed by atoms with E-state index in [0.29, 0.717) is 11.1 Å². The van der Waals surface area contributed by atoms with Crippen molar-refractivity contribution in [3.05, 3.63) is 120 Å². The summed E-state index contributed by atoms with van der Waals surface area (Å²) in [5, 5.41) is 20.5. The van der Waals surface area contributed by atoms with Gasteiger partial charge in [0.2, 0.25) is 0 Å². The van der Waals surface area contributed by atoms with Gasteiger partial charge in [-0.25, -0.2) is 0 Å². The first-order valence-corrected chi connectivity index (χ1v) is 15.7. The van der Waals surface area contributed by atoms with Gasteiger partial charge in [0.1, 0.15) is 12.1 Å². The number of hydrogen-bond donors (Lipinski definition) is 0. The summed E-state index contributed by atoms with van der Waals surface area (Å²) in [6.07, 6.45) is 0. The van der Waals surface area contributed by atoms with Gasteiger partial charge in [0.25, 0.3) is 0 Å². The Bertz CT molecular complexity index is 1800. The number of nitrogens with zero attached hydrogens (tertiary/aromatic N) is 8. The first kappa shape index (κ1) is 33.2. The molecule has 0 atom stereocenters. The second-order valence-corrected chi connectivity index (χ2v) is 12.4. The third-order valence-corrected chi connectivity index (χ3v) is 8.33. The fraction of sp³-hybridized carbons (Fsp3) is 0.200. The van der Waals surface area contributed by atoms with Gasteiger partial charge in [0.15, 0.2) is 0 Å². The molecule has 0 bridgehead atoms. The highest BCUT2D eigenvalue weighted by Crippen LogP contribution is 2.42. The molecule has 0 N–H and O–H groups in total. The maximum Gasteiger partial charge on any atom is 0.101 e. The largest absolute Gasteiger partial charge is 0.378 e. The molecule has 5 rings (SSSR count). The first-order chi connectivity index (χ1) is 23.0. The Morgan fingerprint density at radius 2 is 0.562 bits per heavy atom. The molecule has 0 aliphatic carbocycles. The SMILES string of the molecule is CN(C)c1ccc(N(c2ccc(N(c3ccc(N(C)C)cc3)c3ccc(N(C)C)cc3C#N)cc2)c2ccc(N(C)C)cc2C#N)cc1. The smallest absolute Gasteiger partial charge is 0.101 e. The van der Waals surface area contributed by atoms with Gasteiger partial charge in [-0.15, -0.1) is 0 Å². The molecule has 48 heavy (non-hydrogen) atoms. The Balaban J connectivity index is 1.66. The third kappa shape index (κ3) is 6.84. The van der Waals surface area contributed by atoms with Crippen LogP contribution in [0.2, 0.25) is 0 Å². The van der Waals surface area contributed by atoms with Crippen LogP contribution < -0.4 is 29.4 Å². The predicted octanol–water partition coefficient (Wildman–Crippen LogP) is 8.63. The highest BCUT2D eigenvalue weighted by atomic mass is 15.2. The third-order valence-electron chi connectivity index (χ3n) is 8.33. The van der Waals surface area contributed by atoms with Crippen molar-refractivity contribution in [3.8, 4) is 12.1 Å². The maximum absolute atomic E-state index is 10.3. The van der Waals surface area contributed by atoms with E-state index in [2.05, 4.69) is 105 Å². The van der Waals surface area contributed by atoms with Crippen molar-refractivity contribution < 1.29 is 0 Å². The number of anilines is 10. The van der Waals surface area contributed by atoms with Crippen molar-refractivity contribution in [1.29, 1.82) is 10.5 Å². The van der Waals surface area contributed by atoms with Crippen LogP contribution in [0, 0.1) is 22.7 Å². The highest BCUT2D eigenvalue weighted by Gasteiger charge is 2.21. The molecular weight excluding hydrogens is 592 g/mol. The van der Waals surface area contributed by atoms with Crippen LogP contribution >= 0.6 is 0 Å². The molecule has 242 valence electrons. The number of benzene rings is 5. The lowest BCUT2D eigenvalue weighted by Gasteiger charge is -2.30. The van der Waals surface area contributed by atoms with Crippen LogP contribution in [0.15, 0.2) is 109 Å². The van der Waals surface area contributed by atoms with E-state index in [1.54, 1.807) is 0 Å². The Morgan fingerprint density at radius 3 is 0.792 bits per heavy atom. The summed E-state index contributed by atoms with van der Waals surface area (Å²) in [6.45, 7) is 0. The zero-order valence-corrected chi connectivity index (χ0v) is 29.0. The van der Waals surface area contributed by atoms with Crippen molar-refractivity contribution in [2.75, 3.05) is 85.8 Å². The Labute approximate surface area is 285 Å². The quantitative estimate of drug-likeness (QED) is 0.151. The van der Waals surface area contributed by atoms with Gasteiger partial charge in [-0.3, -0.25) is 0 Å². The lowest BCUT2D eigenvalue weighted by molar-refractivity contribution is 1.12. The lowest BCUT2D eigenvalue weighted by atomic mass is 10.1. The second-order valence-electron chi connectivity index (χ2n) is 12.4. The molecular formula is C40H42N8. The van der Waals surface area contributed by atoms with Crippen LogP contribution in [-0.2, 0) is 0 Å². The van der Waals surface area contributed by atoms with Gasteiger partial charge in [0.05, 0.1) is 22.5 Å². The molecule has 0 aliphatic heterocycles. The molecule has 5 aromatic rings. The summed E-state index contributed by atoms with van der Waals surface area (Å²) in [7, 11) is 16.0. The first-order valence-electron chi connectivity index (χ1n) is 15.7. The summed E-state index contributed by atoms with van der Waals surface area (Å²) in [5.41, 5.74) is 10.5. The topological polar surface area (TPSA) is 67.0 Å². The summed E-state index contributed by atoms with van der Waals surface area (Å²) < 4.78 is 0. The normalized spacial score (nSPS) is 10.5. The van der Waals surface area contributed by atoms with Crippen LogP contribution in [0.25, 0.3) is 0 Å². The van der Waals surface area contributed by atoms with E-state index in [1.165, 1.54) is 0 Å². The van der Waals surface area contributed by atoms with E-state index in [1.807, 2.05) is 103 Å². The predicted molar refractivity (Wildman–Crippen MR) is 203 cm³/mol. The molecule has 0 saturated carbocycles. The van der Waals surface area contributed by atoms with Gasteiger partial charge >= 0.3 is 0 Å². The molecule has 0 saturated heterocycles. The molecule has 0 radical (unpaired) electrons. The average molecular weight is 635 g/mol. The van der Waals surface area contributed by atoms with E-state index in [0.717, 1.165) is 56.9 Å². The van der Waals surface area contributed by atoms with E-state index in [9.17, 15) is 10.5 Å². The van der Waals surface area contributed by atoms with Gasteiger partial charge in [-0.2, -0.15) is 10.5 Å². The van der Waals surface area contributed by atoms with Crippen LogP contribution in [0.3, 0.4) is 0 Å². The van der Waals surface area contributed by atoms with Crippen LogP contribution in [0.4, 0.5) is 56.9 Å². The van der Waals surface area contributed by atoms with Gasteiger partial charge in [-0.1, -0.05) is 0 Å².